The van der Waals surface area contributed by atoms with Gasteiger partial charge in [0.2, 0.25) is 0 Å². The molecule has 0 unspecified atom stereocenters. The van der Waals surface area contributed by atoms with Crippen molar-refractivity contribution in [2.24, 2.45) is 5.73 Å². The number of nitrogens with zero attached hydrogens (tertiary/aromatic N) is 1. The summed E-state index contributed by atoms with van der Waals surface area (Å²) in [6.07, 6.45) is 4.38. The fourth-order valence-electron chi connectivity index (χ4n) is 3.45. The highest BCUT2D eigenvalue weighted by Crippen LogP contribution is 2.50. The summed E-state index contributed by atoms with van der Waals surface area (Å²) in [6.45, 7) is 0.480. The van der Waals surface area contributed by atoms with Crippen LogP contribution in [0.4, 0.5) is 10.1 Å². The molecule has 0 spiro atoms. The van der Waals surface area contributed by atoms with E-state index in [9.17, 15) is 0 Å². The molecule has 2 atom stereocenters. The van der Waals surface area contributed by atoms with Gasteiger partial charge in [0.15, 0.2) is 5.67 Å². The molecule has 26 heavy (non-hydrogen) atoms. The lowest BCUT2D eigenvalue weighted by atomic mass is 9.81. The molecule has 3 aromatic rings. The number of hydrogen-bond donors (Lipinski definition) is 2. The molecule has 0 amide bonds. The Balaban J connectivity index is 1.77. The quantitative estimate of drug-likeness (QED) is 0.524. The zero-order chi connectivity index (χ0) is 18.3. The van der Waals surface area contributed by atoms with Crippen molar-refractivity contribution in [3.8, 4) is 0 Å². The van der Waals surface area contributed by atoms with Crippen molar-refractivity contribution in [3.63, 3.8) is 0 Å². The van der Waals surface area contributed by atoms with Crippen LogP contribution in [0.2, 0.25) is 10.2 Å². The lowest BCUT2D eigenvalue weighted by molar-refractivity contribution is 0.0837. The normalized spacial score (nSPS) is 23.5. The number of alkyl halides is 1. The molecule has 3 aromatic heterocycles. The van der Waals surface area contributed by atoms with Crippen LogP contribution in [-0.2, 0) is 12.2 Å². The van der Waals surface area contributed by atoms with Gasteiger partial charge in [0.05, 0.1) is 33.1 Å². The lowest BCUT2D eigenvalue weighted by Crippen LogP contribution is -2.44. The van der Waals surface area contributed by atoms with Crippen LogP contribution in [-0.4, -0.2) is 11.0 Å². The van der Waals surface area contributed by atoms with E-state index in [4.69, 9.17) is 33.4 Å². The van der Waals surface area contributed by atoms with E-state index in [-0.39, 0.29) is 0 Å². The van der Waals surface area contributed by atoms with Crippen LogP contribution in [0.3, 0.4) is 0 Å². The van der Waals surface area contributed by atoms with E-state index >= 15 is 4.39 Å². The second-order valence-electron chi connectivity index (χ2n) is 6.56. The first-order valence-corrected chi connectivity index (χ1v) is 10.1. The van der Waals surface area contributed by atoms with Crippen molar-refractivity contribution in [2.75, 3.05) is 5.32 Å². The molecule has 1 aliphatic carbocycles. The van der Waals surface area contributed by atoms with Gasteiger partial charge in [0.25, 0.3) is 0 Å². The van der Waals surface area contributed by atoms with E-state index in [1.54, 1.807) is 12.3 Å². The Kier molecular flexibility index (Phi) is 4.86. The topological polar surface area (TPSA) is 64.1 Å². The number of thiophene rings is 1. The van der Waals surface area contributed by atoms with Crippen LogP contribution >= 0.6 is 34.5 Å². The third-order valence-corrected chi connectivity index (χ3v) is 6.90. The summed E-state index contributed by atoms with van der Waals surface area (Å²) in [6, 6.07) is 4.85. The van der Waals surface area contributed by atoms with Gasteiger partial charge in [-0.1, -0.05) is 29.6 Å². The zero-order valence-corrected chi connectivity index (χ0v) is 16.2. The Bertz CT molecular complexity index is 930. The number of fused-ring (bicyclic) bond motifs is 1. The highest BCUT2D eigenvalue weighted by atomic mass is 35.5. The minimum atomic E-state index is -1.62. The molecule has 3 heterocycles. The predicted octanol–water partition coefficient (Wildman–Crippen LogP) is 5.87. The molecule has 3 N–H and O–H groups in total. The summed E-state index contributed by atoms with van der Waals surface area (Å²) < 4.78 is 21.9. The summed E-state index contributed by atoms with van der Waals surface area (Å²) in [5, 5.41) is 3.89. The SMILES string of the molecule is N[C@H]1CCCC[C@]1(F)c1sc2c(NCc3ccco3)cc(Cl)nc2c1Cl. The predicted molar refractivity (Wildman–Crippen MR) is 105 cm³/mol. The maximum absolute atomic E-state index is 15.7. The van der Waals surface area contributed by atoms with Gasteiger partial charge in [-0.15, -0.1) is 11.3 Å². The molecule has 0 bridgehead atoms. The van der Waals surface area contributed by atoms with Gasteiger partial charge >= 0.3 is 0 Å². The molecule has 138 valence electrons. The number of nitrogens with one attached hydrogen (secondary N) is 1. The average molecular weight is 414 g/mol. The Morgan fingerprint density at radius 2 is 2.27 bits per heavy atom. The van der Waals surface area contributed by atoms with Crippen molar-refractivity contribution < 1.29 is 8.81 Å². The first-order chi connectivity index (χ1) is 12.5. The molecule has 8 heteroatoms. The molecule has 0 aliphatic heterocycles. The third kappa shape index (κ3) is 3.09. The van der Waals surface area contributed by atoms with Crippen LogP contribution in [0.1, 0.15) is 36.3 Å². The van der Waals surface area contributed by atoms with Crippen LogP contribution in [0.15, 0.2) is 28.9 Å². The molecule has 0 aromatic carbocycles. The average Bonchev–Trinajstić information content (AvgIpc) is 3.24. The van der Waals surface area contributed by atoms with E-state index in [1.165, 1.54) is 11.3 Å². The van der Waals surface area contributed by atoms with Crippen LogP contribution < -0.4 is 11.1 Å². The minimum Gasteiger partial charge on any atom is -0.467 e. The van der Waals surface area contributed by atoms with Gasteiger partial charge in [-0.2, -0.15) is 0 Å². The van der Waals surface area contributed by atoms with Gasteiger partial charge in [0.1, 0.15) is 16.4 Å². The Morgan fingerprint density at radius 1 is 1.42 bits per heavy atom. The summed E-state index contributed by atoms with van der Waals surface area (Å²) in [5.41, 5.74) is 5.77. The van der Waals surface area contributed by atoms with Crippen molar-refractivity contribution in [1.29, 1.82) is 0 Å². The molecular weight excluding hydrogens is 396 g/mol. The van der Waals surface area contributed by atoms with Gasteiger partial charge in [0, 0.05) is 12.1 Å². The number of nitrogens with two attached hydrogens (primary N) is 1. The largest absolute Gasteiger partial charge is 0.467 e. The van der Waals surface area contributed by atoms with E-state index in [0.29, 0.717) is 40.0 Å². The molecule has 0 radical (unpaired) electrons. The van der Waals surface area contributed by atoms with Crippen molar-refractivity contribution in [1.82, 2.24) is 4.98 Å². The number of anilines is 1. The third-order valence-electron chi connectivity index (χ3n) is 4.86. The number of hydrogen-bond acceptors (Lipinski definition) is 5. The highest BCUT2D eigenvalue weighted by Gasteiger charge is 2.44. The standard InChI is InChI=1S/C18H18Cl2FN3OS/c19-13-8-11(23-9-10-4-3-7-25-10)16-15(24-13)14(20)17(26-16)18(21)6-2-1-5-12(18)22/h3-4,7-8,12H,1-2,5-6,9,22H2,(H,23,24)/t12-,18+/m0/s1. The monoisotopic (exact) mass is 413 g/mol. The smallest absolute Gasteiger partial charge is 0.161 e. The fourth-order valence-corrected chi connectivity index (χ4v) is 5.40. The molecule has 1 aliphatic rings. The molecule has 1 saturated carbocycles. The number of rotatable bonds is 4. The first-order valence-electron chi connectivity index (χ1n) is 8.49. The van der Waals surface area contributed by atoms with Crippen molar-refractivity contribution in [2.45, 2.75) is 43.9 Å². The van der Waals surface area contributed by atoms with Gasteiger partial charge in [-0.25, -0.2) is 9.37 Å². The molecule has 1 fully saturated rings. The van der Waals surface area contributed by atoms with E-state index < -0.39 is 11.7 Å². The maximum atomic E-state index is 15.7. The van der Waals surface area contributed by atoms with Gasteiger partial charge in [-0.05, 0) is 31.4 Å². The Hall–Kier alpha value is -1.34. The molecule has 4 rings (SSSR count). The van der Waals surface area contributed by atoms with E-state index in [2.05, 4.69) is 10.3 Å². The Morgan fingerprint density at radius 3 is 3.00 bits per heavy atom. The molecule has 4 nitrogen and oxygen atoms in total. The van der Waals surface area contributed by atoms with Gasteiger partial charge < -0.3 is 15.5 Å². The zero-order valence-electron chi connectivity index (χ0n) is 13.9. The summed E-state index contributed by atoms with van der Waals surface area (Å²) in [5.74, 6) is 0.783. The first kappa shape index (κ1) is 18.0. The van der Waals surface area contributed by atoms with Crippen LogP contribution in [0.5, 0.6) is 0 Å². The summed E-state index contributed by atoms with van der Waals surface area (Å²) >= 11 is 14.0. The minimum absolute atomic E-state index is 0.298. The van der Waals surface area contributed by atoms with Gasteiger partial charge in [-0.3, -0.25) is 0 Å². The van der Waals surface area contributed by atoms with Crippen molar-refractivity contribution in [3.05, 3.63) is 45.3 Å². The second kappa shape index (κ2) is 7.00. The second-order valence-corrected chi connectivity index (χ2v) is 8.35. The number of aromatic nitrogens is 1. The summed E-state index contributed by atoms with van der Waals surface area (Å²) in [4.78, 5) is 4.78. The summed E-state index contributed by atoms with van der Waals surface area (Å²) in [7, 11) is 0. The number of halogens is 3. The van der Waals surface area contributed by atoms with Crippen LogP contribution in [0, 0.1) is 0 Å². The highest BCUT2D eigenvalue weighted by molar-refractivity contribution is 7.20. The lowest BCUT2D eigenvalue weighted by Gasteiger charge is -2.34. The number of furan rings is 1. The van der Waals surface area contributed by atoms with Crippen LogP contribution in [0.25, 0.3) is 10.2 Å². The molecule has 0 saturated heterocycles. The Labute approximate surface area is 164 Å². The molecular formula is C18H18Cl2FN3OS. The van der Waals surface area contributed by atoms with Crippen molar-refractivity contribution >= 4 is 50.4 Å². The van der Waals surface area contributed by atoms with E-state index in [0.717, 1.165) is 29.0 Å². The number of pyridine rings is 1. The fraction of sp³-hybridized carbons (Fsp3) is 0.389. The van der Waals surface area contributed by atoms with E-state index in [1.807, 2.05) is 12.1 Å². The maximum Gasteiger partial charge on any atom is 0.161 e.